The van der Waals surface area contributed by atoms with Crippen LogP contribution in [0.2, 0.25) is 0 Å². The van der Waals surface area contributed by atoms with Crippen LogP contribution in [0.25, 0.3) is 0 Å². The first-order valence-electron chi connectivity index (χ1n) is 9.53. The van der Waals surface area contributed by atoms with Gasteiger partial charge in [-0.3, -0.25) is 9.10 Å². The van der Waals surface area contributed by atoms with Crippen LogP contribution in [0, 0.1) is 0 Å². The van der Waals surface area contributed by atoms with E-state index in [2.05, 4.69) is 17.0 Å². The number of hydrogen-bond acceptors (Lipinski definition) is 5. The Morgan fingerprint density at radius 2 is 1.59 bits per heavy atom. The number of carbonyl (C=O) groups is 1. The molecular formula is C21H27N3O4S. The number of rotatable bonds is 6. The Morgan fingerprint density at radius 1 is 1.00 bits per heavy atom. The average molecular weight is 418 g/mol. The summed E-state index contributed by atoms with van der Waals surface area (Å²) in [6.45, 7) is 4.17. The standard InChI is InChI=1S/C21H27N3O4S/c1-17(24(29(3,26)27)19-9-11-20(28-2)12-10-19)21(25)23-15-13-22(14-16-23)18-7-5-4-6-8-18/h4-12,17H,13-16H2,1-3H3. The topological polar surface area (TPSA) is 70.2 Å². The van der Waals surface area contributed by atoms with Crippen LogP contribution in [-0.4, -0.2) is 64.8 Å². The number of nitrogens with zero attached hydrogens (tertiary/aromatic N) is 3. The van der Waals surface area contributed by atoms with Crippen molar-refractivity contribution in [1.82, 2.24) is 4.90 Å². The fraction of sp³-hybridized carbons (Fsp3) is 0.381. The van der Waals surface area contributed by atoms with E-state index in [4.69, 9.17) is 4.74 Å². The second-order valence-corrected chi connectivity index (χ2v) is 8.94. The fourth-order valence-corrected chi connectivity index (χ4v) is 4.79. The van der Waals surface area contributed by atoms with Crippen LogP contribution in [-0.2, 0) is 14.8 Å². The summed E-state index contributed by atoms with van der Waals surface area (Å²) in [5.41, 5.74) is 1.57. The molecule has 0 aromatic heterocycles. The molecule has 3 rings (SSSR count). The van der Waals surface area contributed by atoms with E-state index in [1.807, 2.05) is 18.2 Å². The number of carbonyl (C=O) groups excluding carboxylic acids is 1. The number of sulfonamides is 1. The maximum Gasteiger partial charge on any atom is 0.246 e. The van der Waals surface area contributed by atoms with E-state index >= 15 is 0 Å². The van der Waals surface area contributed by atoms with E-state index in [0.29, 0.717) is 37.6 Å². The summed E-state index contributed by atoms with van der Waals surface area (Å²) < 4.78 is 31.3. The van der Waals surface area contributed by atoms with Crippen molar-refractivity contribution in [2.24, 2.45) is 0 Å². The van der Waals surface area contributed by atoms with Gasteiger partial charge in [-0.1, -0.05) is 18.2 Å². The molecule has 0 aliphatic carbocycles. The second-order valence-electron chi connectivity index (χ2n) is 7.08. The van der Waals surface area contributed by atoms with Gasteiger partial charge in [0.1, 0.15) is 11.8 Å². The van der Waals surface area contributed by atoms with E-state index in [9.17, 15) is 13.2 Å². The molecule has 1 heterocycles. The second kappa shape index (κ2) is 8.73. The monoisotopic (exact) mass is 417 g/mol. The molecule has 2 aromatic rings. The summed E-state index contributed by atoms with van der Waals surface area (Å²) >= 11 is 0. The van der Waals surface area contributed by atoms with Crippen LogP contribution in [0.4, 0.5) is 11.4 Å². The molecule has 2 aromatic carbocycles. The van der Waals surface area contributed by atoms with Gasteiger partial charge >= 0.3 is 0 Å². The van der Waals surface area contributed by atoms with Gasteiger partial charge in [-0.2, -0.15) is 0 Å². The Morgan fingerprint density at radius 3 is 2.10 bits per heavy atom. The van der Waals surface area contributed by atoms with E-state index in [0.717, 1.165) is 11.9 Å². The molecule has 1 aliphatic rings. The molecule has 1 unspecified atom stereocenters. The van der Waals surface area contributed by atoms with Gasteiger partial charge in [0.2, 0.25) is 15.9 Å². The number of ether oxygens (including phenoxy) is 1. The summed E-state index contributed by atoms with van der Waals surface area (Å²) in [6.07, 6.45) is 1.12. The summed E-state index contributed by atoms with van der Waals surface area (Å²) in [4.78, 5) is 17.1. The number of anilines is 2. The predicted molar refractivity (Wildman–Crippen MR) is 115 cm³/mol. The van der Waals surface area contributed by atoms with Crippen LogP contribution >= 0.6 is 0 Å². The quantitative estimate of drug-likeness (QED) is 0.721. The van der Waals surface area contributed by atoms with Crippen LogP contribution in [0.15, 0.2) is 54.6 Å². The van der Waals surface area contributed by atoms with Crippen LogP contribution in [0.5, 0.6) is 5.75 Å². The van der Waals surface area contributed by atoms with Crippen LogP contribution in [0.3, 0.4) is 0 Å². The van der Waals surface area contributed by atoms with Gasteiger partial charge in [0.05, 0.1) is 19.1 Å². The lowest BCUT2D eigenvalue weighted by Gasteiger charge is -2.39. The number of methoxy groups -OCH3 is 1. The third-order valence-corrected chi connectivity index (χ3v) is 6.35. The molecule has 8 heteroatoms. The summed E-state index contributed by atoms with van der Waals surface area (Å²) in [5.74, 6) is 0.428. The van der Waals surface area contributed by atoms with Gasteiger partial charge < -0.3 is 14.5 Å². The third-order valence-electron chi connectivity index (χ3n) is 5.11. The van der Waals surface area contributed by atoms with Crippen molar-refractivity contribution in [3.8, 4) is 5.75 Å². The zero-order valence-corrected chi connectivity index (χ0v) is 17.8. The highest BCUT2D eigenvalue weighted by Gasteiger charge is 2.33. The molecule has 0 N–H and O–H groups in total. The van der Waals surface area contributed by atoms with E-state index in [1.54, 1.807) is 43.2 Å². The first-order valence-corrected chi connectivity index (χ1v) is 11.4. The lowest BCUT2D eigenvalue weighted by molar-refractivity contribution is -0.132. The van der Waals surface area contributed by atoms with Crippen molar-refractivity contribution >= 4 is 27.3 Å². The Labute approximate surface area is 172 Å². The summed E-state index contributed by atoms with van der Waals surface area (Å²) in [7, 11) is -2.09. The lowest BCUT2D eigenvalue weighted by Crippen LogP contribution is -2.55. The Balaban J connectivity index is 1.73. The van der Waals surface area contributed by atoms with Gasteiger partial charge in [0, 0.05) is 31.9 Å². The molecule has 156 valence electrons. The SMILES string of the molecule is COc1ccc(N(C(C)C(=O)N2CCN(c3ccccc3)CC2)S(C)(=O)=O)cc1. The minimum absolute atomic E-state index is 0.195. The van der Waals surface area contributed by atoms with Gasteiger partial charge in [-0.05, 0) is 43.3 Å². The minimum Gasteiger partial charge on any atom is -0.497 e. The molecule has 29 heavy (non-hydrogen) atoms. The summed E-state index contributed by atoms with van der Waals surface area (Å²) in [6, 6.07) is 15.9. The van der Waals surface area contributed by atoms with E-state index in [-0.39, 0.29) is 5.91 Å². The first-order chi connectivity index (χ1) is 13.8. The Bertz CT molecular complexity index is 924. The van der Waals surface area contributed by atoms with Gasteiger partial charge in [0.15, 0.2) is 0 Å². The largest absolute Gasteiger partial charge is 0.497 e. The van der Waals surface area contributed by atoms with Crippen molar-refractivity contribution in [3.05, 3.63) is 54.6 Å². The highest BCUT2D eigenvalue weighted by molar-refractivity contribution is 7.92. The van der Waals surface area contributed by atoms with Gasteiger partial charge in [0.25, 0.3) is 0 Å². The first kappa shape index (κ1) is 21.0. The zero-order chi connectivity index (χ0) is 21.0. The van der Waals surface area contributed by atoms with Crippen LogP contribution < -0.4 is 13.9 Å². The fourth-order valence-electron chi connectivity index (χ4n) is 3.62. The highest BCUT2D eigenvalue weighted by Crippen LogP contribution is 2.25. The van der Waals surface area contributed by atoms with Crippen molar-refractivity contribution in [2.45, 2.75) is 13.0 Å². The number of piperazine rings is 1. The smallest absolute Gasteiger partial charge is 0.246 e. The molecule has 0 bridgehead atoms. The third kappa shape index (κ3) is 4.82. The Hall–Kier alpha value is -2.74. The molecule has 0 spiro atoms. The predicted octanol–water partition coefficient (Wildman–Crippen LogP) is 2.20. The minimum atomic E-state index is -3.64. The molecule has 1 fully saturated rings. The Kier molecular flexibility index (Phi) is 6.32. The number of para-hydroxylation sites is 1. The number of hydrogen-bond donors (Lipinski definition) is 0. The number of benzene rings is 2. The molecule has 1 saturated heterocycles. The normalized spacial score (nSPS) is 15.7. The van der Waals surface area contributed by atoms with Gasteiger partial charge in [-0.25, -0.2) is 8.42 Å². The maximum atomic E-state index is 13.1. The van der Waals surface area contributed by atoms with Crippen molar-refractivity contribution in [3.63, 3.8) is 0 Å². The van der Waals surface area contributed by atoms with Gasteiger partial charge in [-0.15, -0.1) is 0 Å². The molecule has 0 radical (unpaired) electrons. The van der Waals surface area contributed by atoms with E-state index in [1.165, 1.54) is 4.31 Å². The molecule has 1 aliphatic heterocycles. The zero-order valence-electron chi connectivity index (χ0n) is 17.0. The van der Waals surface area contributed by atoms with Crippen LogP contribution in [0.1, 0.15) is 6.92 Å². The molecular weight excluding hydrogens is 390 g/mol. The average Bonchev–Trinajstić information content (AvgIpc) is 2.73. The maximum absolute atomic E-state index is 13.1. The van der Waals surface area contributed by atoms with Crippen molar-refractivity contribution in [2.75, 3.05) is 48.7 Å². The number of amides is 1. The lowest BCUT2D eigenvalue weighted by atomic mass is 10.2. The highest BCUT2D eigenvalue weighted by atomic mass is 32.2. The van der Waals surface area contributed by atoms with Crippen molar-refractivity contribution in [1.29, 1.82) is 0 Å². The molecule has 1 atom stereocenters. The summed E-state index contributed by atoms with van der Waals surface area (Å²) in [5, 5.41) is 0. The molecule has 1 amide bonds. The van der Waals surface area contributed by atoms with Crippen molar-refractivity contribution < 1.29 is 17.9 Å². The molecule has 7 nitrogen and oxygen atoms in total. The van der Waals surface area contributed by atoms with E-state index < -0.39 is 16.1 Å². The molecule has 0 saturated carbocycles.